The molecular weight excluding hydrogens is 342 g/mol. The van der Waals surface area contributed by atoms with Gasteiger partial charge in [0.25, 0.3) is 0 Å². The number of hydrogen-bond acceptors (Lipinski definition) is 5. The molecule has 1 aliphatic rings. The fourth-order valence-corrected chi connectivity index (χ4v) is 3.10. The normalized spacial score (nSPS) is 14.9. The largest absolute Gasteiger partial charge is 0.457 e. The minimum atomic E-state index is -4.56. The van der Waals surface area contributed by atoms with E-state index in [1.807, 2.05) is 0 Å². The summed E-state index contributed by atoms with van der Waals surface area (Å²) in [5.41, 5.74) is 0.755. The van der Waals surface area contributed by atoms with Gasteiger partial charge in [-0.1, -0.05) is 6.07 Å². The number of sulfonamides is 1. The summed E-state index contributed by atoms with van der Waals surface area (Å²) in [6.45, 7) is -0.198. The van der Waals surface area contributed by atoms with Gasteiger partial charge in [-0.2, -0.15) is 0 Å². The van der Waals surface area contributed by atoms with Crippen molar-refractivity contribution in [1.82, 2.24) is 4.98 Å². The molecule has 2 aromatic rings. The molecule has 2 heterocycles. The van der Waals surface area contributed by atoms with Gasteiger partial charge in [-0.25, -0.2) is 27.1 Å². The fraction of sp³-hybridized carbons (Fsp3) is 0.0667. The summed E-state index contributed by atoms with van der Waals surface area (Å²) in [4.78, 5) is 14.6. The Morgan fingerprint density at radius 2 is 1.83 bits per heavy atom. The Balaban J connectivity index is 2.21. The topological polar surface area (TPSA) is 99.4 Å². The summed E-state index contributed by atoms with van der Waals surface area (Å²) in [6, 6.07) is 4.80. The monoisotopic (exact) mass is 352 g/mol. The molecule has 0 amide bonds. The van der Waals surface area contributed by atoms with Crippen molar-refractivity contribution in [2.75, 3.05) is 6.61 Å². The number of cyclic esters (lactones) is 1. The van der Waals surface area contributed by atoms with E-state index in [2.05, 4.69) is 4.98 Å². The Morgan fingerprint density at radius 1 is 1.17 bits per heavy atom. The van der Waals surface area contributed by atoms with E-state index >= 15 is 0 Å². The summed E-state index contributed by atoms with van der Waals surface area (Å²) in [7, 11) is -4.56. The predicted molar refractivity (Wildman–Crippen MR) is 79.7 cm³/mol. The van der Waals surface area contributed by atoms with Gasteiger partial charge in [-0.15, -0.1) is 0 Å². The first kappa shape index (κ1) is 16.2. The molecule has 6 nitrogen and oxygen atoms in total. The highest BCUT2D eigenvalue weighted by Gasteiger charge is 2.29. The van der Waals surface area contributed by atoms with E-state index in [0.717, 1.165) is 12.1 Å². The quantitative estimate of drug-likeness (QED) is 0.844. The molecule has 0 bridgehead atoms. The first-order valence-corrected chi connectivity index (χ1v) is 8.16. The summed E-state index contributed by atoms with van der Waals surface area (Å²) >= 11 is 0. The predicted octanol–water partition coefficient (Wildman–Crippen LogP) is 1.47. The van der Waals surface area contributed by atoms with Crippen molar-refractivity contribution in [1.29, 1.82) is 0 Å². The Bertz CT molecular complexity index is 949. The van der Waals surface area contributed by atoms with Gasteiger partial charge in [-0.05, 0) is 23.8 Å². The zero-order valence-corrected chi connectivity index (χ0v) is 12.8. The molecular formula is C15H10F2N2O4S. The lowest BCUT2D eigenvalue weighted by molar-refractivity contribution is -0.133. The van der Waals surface area contributed by atoms with Crippen LogP contribution in [0.15, 0.2) is 41.6 Å². The molecule has 124 valence electrons. The van der Waals surface area contributed by atoms with E-state index in [9.17, 15) is 22.0 Å². The molecule has 3 rings (SSSR count). The summed E-state index contributed by atoms with van der Waals surface area (Å²) in [5, 5.41) is 4.80. The van der Waals surface area contributed by atoms with Crippen LogP contribution in [-0.4, -0.2) is 26.0 Å². The van der Waals surface area contributed by atoms with Gasteiger partial charge in [0.05, 0.1) is 5.57 Å². The van der Waals surface area contributed by atoms with E-state index < -0.39 is 32.5 Å². The molecule has 0 fully saturated rings. The van der Waals surface area contributed by atoms with E-state index in [1.165, 1.54) is 12.4 Å². The first-order chi connectivity index (χ1) is 11.3. The van der Waals surface area contributed by atoms with Crippen molar-refractivity contribution in [3.05, 3.63) is 59.4 Å². The van der Waals surface area contributed by atoms with Crippen LogP contribution in [0.2, 0.25) is 0 Å². The van der Waals surface area contributed by atoms with Gasteiger partial charge in [0.2, 0.25) is 10.0 Å². The zero-order valence-electron chi connectivity index (χ0n) is 12.0. The maximum Gasteiger partial charge on any atom is 0.339 e. The van der Waals surface area contributed by atoms with Crippen LogP contribution >= 0.6 is 0 Å². The number of nitrogens with zero attached hydrogens (tertiary/aromatic N) is 1. The lowest BCUT2D eigenvalue weighted by Crippen LogP contribution is -2.16. The van der Waals surface area contributed by atoms with Gasteiger partial charge < -0.3 is 4.74 Å². The van der Waals surface area contributed by atoms with Crippen LogP contribution in [-0.2, 0) is 19.6 Å². The van der Waals surface area contributed by atoms with Crippen LogP contribution in [0.3, 0.4) is 0 Å². The average Bonchev–Trinajstić information content (AvgIpc) is 2.87. The molecule has 0 unspecified atom stereocenters. The number of halogens is 2. The van der Waals surface area contributed by atoms with Crippen LogP contribution in [0.1, 0.15) is 11.1 Å². The van der Waals surface area contributed by atoms with E-state index in [0.29, 0.717) is 5.56 Å². The molecule has 24 heavy (non-hydrogen) atoms. The smallest absolute Gasteiger partial charge is 0.339 e. The average molecular weight is 352 g/mol. The number of carbonyl (C=O) groups excluding carboxylic acids is 1. The van der Waals surface area contributed by atoms with Crippen LogP contribution in [0, 0.1) is 11.6 Å². The summed E-state index contributed by atoms with van der Waals surface area (Å²) < 4.78 is 55.5. The van der Waals surface area contributed by atoms with E-state index in [-0.39, 0.29) is 23.3 Å². The lowest BCUT2D eigenvalue weighted by Gasteiger charge is -2.08. The maximum absolute atomic E-state index is 14.0. The van der Waals surface area contributed by atoms with Crippen molar-refractivity contribution in [3.63, 3.8) is 0 Å². The summed E-state index contributed by atoms with van der Waals surface area (Å²) in [6.07, 6.45) is 2.91. The molecule has 1 aromatic carbocycles. The third-order valence-electron chi connectivity index (χ3n) is 3.43. The molecule has 0 radical (unpaired) electrons. The second-order valence-electron chi connectivity index (χ2n) is 4.99. The zero-order chi connectivity index (χ0) is 17.5. The minimum Gasteiger partial charge on any atom is -0.457 e. The van der Waals surface area contributed by atoms with Crippen molar-refractivity contribution >= 4 is 27.1 Å². The van der Waals surface area contributed by atoms with Gasteiger partial charge in [0, 0.05) is 23.5 Å². The van der Waals surface area contributed by atoms with Crippen molar-refractivity contribution in [3.8, 4) is 0 Å². The van der Waals surface area contributed by atoms with Crippen molar-refractivity contribution in [2.45, 2.75) is 4.90 Å². The Labute approximate surface area is 135 Å². The second kappa shape index (κ2) is 5.77. The third-order valence-corrected chi connectivity index (χ3v) is 4.39. The number of carbonyl (C=O) groups is 1. The Hall–Kier alpha value is -2.65. The highest BCUT2D eigenvalue weighted by Crippen LogP contribution is 2.34. The van der Waals surface area contributed by atoms with Crippen LogP contribution in [0.25, 0.3) is 11.1 Å². The molecule has 0 spiro atoms. The highest BCUT2D eigenvalue weighted by molar-refractivity contribution is 7.89. The number of pyridine rings is 1. The van der Waals surface area contributed by atoms with Crippen LogP contribution in [0.5, 0.6) is 0 Å². The molecule has 9 heteroatoms. The number of hydrogen-bond donors (Lipinski definition) is 1. The van der Waals surface area contributed by atoms with Gasteiger partial charge >= 0.3 is 5.97 Å². The summed E-state index contributed by atoms with van der Waals surface area (Å²) in [5.74, 6) is -3.34. The minimum absolute atomic E-state index is 0.0119. The number of nitrogens with two attached hydrogens (primary N) is 1. The van der Waals surface area contributed by atoms with Gasteiger partial charge in [0.15, 0.2) is 4.90 Å². The molecule has 1 aliphatic heterocycles. The molecule has 0 aliphatic carbocycles. The Kier molecular flexibility index (Phi) is 3.90. The molecule has 0 atom stereocenters. The third kappa shape index (κ3) is 2.79. The molecule has 0 saturated heterocycles. The molecule has 1 aromatic heterocycles. The van der Waals surface area contributed by atoms with Crippen molar-refractivity contribution < 1.29 is 26.7 Å². The highest BCUT2D eigenvalue weighted by atomic mass is 32.2. The number of aromatic nitrogens is 1. The van der Waals surface area contributed by atoms with Crippen LogP contribution < -0.4 is 5.14 Å². The standard InChI is InChI=1S/C15H10F2N2O4S/c16-11-4-9(5-12(17)14(11)24(18,21)22)10-7-23-15(20)13(10)8-2-1-3-19-6-8/h1-6H,7H2,(H2,18,21,22). The second-order valence-corrected chi connectivity index (χ2v) is 6.48. The van der Waals surface area contributed by atoms with E-state index in [1.54, 1.807) is 12.1 Å². The number of rotatable bonds is 3. The number of esters is 1. The number of primary sulfonamides is 1. The number of ether oxygens (including phenoxy) is 1. The fourth-order valence-electron chi connectivity index (χ4n) is 2.44. The van der Waals surface area contributed by atoms with E-state index in [4.69, 9.17) is 9.88 Å². The first-order valence-electron chi connectivity index (χ1n) is 6.62. The number of benzene rings is 1. The SMILES string of the molecule is NS(=O)(=O)c1c(F)cc(C2=C(c3cccnc3)C(=O)OC2)cc1F. The maximum atomic E-state index is 14.0. The molecule has 0 saturated carbocycles. The Morgan fingerprint density at radius 3 is 2.38 bits per heavy atom. The van der Waals surface area contributed by atoms with Gasteiger partial charge in [0.1, 0.15) is 18.2 Å². The van der Waals surface area contributed by atoms with Crippen molar-refractivity contribution in [2.24, 2.45) is 5.14 Å². The van der Waals surface area contributed by atoms with Gasteiger partial charge in [-0.3, -0.25) is 4.98 Å². The molecule has 2 N–H and O–H groups in total. The lowest BCUT2D eigenvalue weighted by atomic mass is 9.97. The van der Waals surface area contributed by atoms with Crippen LogP contribution in [0.4, 0.5) is 8.78 Å².